The first-order chi connectivity index (χ1) is 35.1. The van der Waals surface area contributed by atoms with Gasteiger partial charge in [-0.1, -0.05) is 79.9 Å². The van der Waals surface area contributed by atoms with E-state index >= 15 is 0 Å². The lowest BCUT2D eigenvalue weighted by molar-refractivity contribution is -0.0894. The minimum absolute atomic E-state index is 0.0312. The van der Waals surface area contributed by atoms with Crippen molar-refractivity contribution in [2.24, 2.45) is 11.7 Å². The summed E-state index contributed by atoms with van der Waals surface area (Å²) in [4.78, 5) is 0. The molecule has 1 aromatic heterocycles. The van der Waals surface area contributed by atoms with E-state index in [1.165, 1.54) is 22.3 Å². The fourth-order valence-corrected chi connectivity index (χ4v) is 13.0. The third kappa shape index (κ3) is 9.77. The number of nitrogens with zero attached hydrogens (tertiary/aromatic N) is 1. The first-order valence-corrected chi connectivity index (χ1v) is 26.4. The van der Waals surface area contributed by atoms with E-state index in [2.05, 4.69) is 70.8 Å². The van der Waals surface area contributed by atoms with E-state index in [0.717, 1.165) is 109 Å². The predicted molar refractivity (Wildman–Crippen MR) is 280 cm³/mol. The number of hydrogen-bond donors (Lipinski definition) is 7. The van der Waals surface area contributed by atoms with Crippen molar-refractivity contribution in [1.82, 2.24) is 9.88 Å². The molecule has 3 aliphatic heterocycles. The molecule has 376 valence electrons. The second-order valence-electron chi connectivity index (χ2n) is 21.2. The Morgan fingerprint density at radius 1 is 0.778 bits per heavy atom. The topological polar surface area (TPSA) is 172 Å². The van der Waals surface area contributed by atoms with Gasteiger partial charge in [-0.05, 0) is 169 Å². The summed E-state index contributed by atoms with van der Waals surface area (Å²) in [6.07, 6.45) is 19.1. The number of nitrogens with one attached hydrogen (secondary N) is 1. The Balaban J connectivity index is 0.880. The first kappa shape index (κ1) is 48.2. The number of aliphatic hydroxyl groups excluding tert-OH is 2. The van der Waals surface area contributed by atoms with Gasteiger partial charge in [0.05, 0.1) is 37.7 Å². The van der Waals surface area contributed by atoms with Crippen molar-refractivity contribution >= 4 is 16.6 Å². The Morgan fingerprint density at radius 2 is 1.67 bits per heavy atom. The van der Waals surface area contributed by atoms with Crippen LogP contribution in [0.15, 0.2) is 121 Å². The number of aryl methyl sites for hydroxylation is 2. The van der Waals surface area contributed by atoms with Crippen molar-refractivity contribution in [3.8, 4) is 23.0 Å². The lowest BCUT2D eigenvalue weighted by Crippen LogP contribution is -2.54. The number of unbranched alkanes of at least 4 members (excludes halogenated alkanes) is 3. The van der Waals surface area contributed by atoms with Gasteiger partial charge in [-0.2, -0.15) is 0 Å². The van der Waals surface area contributed by atoms with Gasteiger partial charge in [0.1, 0.15) is 23.9 Å². The van der Waals surface area contributed by atoms with Crippen molar-refractivity contribution in [1.29, 1.82) is 0 Å². The second-order valence-corrected chi connectivity index (χ2v) is 21.2. The summed E-state index contributed by atoms with van der Waals surface area (Å²) < 4.78 is 22.2. The summed E-state index contributed by atoms with van der Waals surface area (Å²) in [5.41, 5.74) is 16.9. The Hall–Kier alpha value is -6.08. The van der Waals surface area contributed by atoms with Crippen molar-refractivity contribution in [2.75, 3.05) is 13.2 Å². The number of nitrogens with two attached hydrogens (primary N) is 1. The zero-order chi connectivity index (χ0) is 49.3. The van der Waals surface area contributed by atoms with Gasteiger partial charge in [-0.3, -0.25) is 0 Å². The first-order valence-electron chi connectivity index (χ1n) is 26.4. The number of ether oxygens (including phenoxy) is 3. The number of phenolic OH excluding ortho intramolecular Hbond substituents is 3. The van der Waals surface area contributed by atoms with Gasteiger partial charge in [-0.15, -0.1) is 0 Å². The molecule has 8 N–H and O–H groups in total. The Labute approximate surface area is 422 Å². The zero-order valence-corrected chi connectivity index (χ0v) is 41.1. The minimum Gasteiger partial charge on any atom is -0.508 e. The number of hydrogen-bond acceptors (Lipinski definition) is 10. The van der Waals surface area contributed by atoms with E-state index in [4.69, 9.17) is 19.9 Å². The smallest absolute Gasteiger partial charge is 0.161 e. The summed E-state index contributed by atoms with van der Waals surface area (Å²) >= 11 is 0. The molecule has 0 spiro atoms. The Kier molecular flexibility index (Phi) is 13.9. The highest BCUT2D eigenvalue weighted by Gasteiger charge is 2.55. The number of fused-ring (bicyclic) bond motifs is 8. The SMILES string of the molecule is NC1C=CC2=C(N1)n1cc3cc([C@@]45CCO[C@@H]6CC[C@@H](C[C@@H]64)c4ccccc45)cc(c3c1)COc1cc(c(CO)cc1O)CC[C@@H](O)C[C@H](CCCCCCc1ccc(O)c(Cc3cccc(O)c3)c1)OC2. The van der Waals surface area contributed by atoms with Crippen molar-refractivity contribution < 1.29 is 39.7 Å². The molecule has 5 aromatic carbocycles. The number of aromatic hydroxyl groups is 3. The monoisotopic (exact) mass is 972 g/mol. The highest BCUT2D eigenvalue weighted by atomic mass is 16.5. The average molecular weight is 972 g/mol. The quantitative estimate of drug-likeness (QED) is 0.0620. The number of aliphatic hydroxyl groups is 2. The van der Waals surface area contributed by atoms with Gasteiger partial charge < -0.3 is 55.4 Å². The summed E-state index contributed by atoms with van der Waals surface area (Å²) in [6.45, 7) is 0.985. The van der Waals surface area contributed by atoms with E-state index in [1.807, 2.05) is 30.3 Å². The molecule has 72 heavy (non-hydrogen) atoms. The Morgan fingerprint density at radius 3 is 2.56 bits per heavy atom. The molecule has 1 saturated heterocycles. The predicted octanol–water partition coefficient (Wildman–Crippen LogP) is 10.3. The van der Waals surface area contributed by atoms with Crippen LogP contribution in [0, 0.1) is 5.92 Å². The highest BCUT2D eigenvalue weighted by Crippen LogP contribution is 2.60. The van der Waals surface area contributed by atoms with Crippen molar-refractivity contribution in [2.45, 2.75) is 139 Å². The molecule has 11 heteroatoms. The zero-order valence-electron chi connectivity index (χ0n) is 41.1. The fraction of sp³-hybridized carbons (Fsp3) is 0.410. The summed E-state index contributed by atoms with van der Waals surface area (Å²) in [6, 6.07) is 30.3. The Bertz CT molecular complexity index is 3000. The summed E-state index contributed by atoms with van der Waals surface area (Å²) in [5, 5.41) is 59.7. The molecule has 4 heterocycles. The van der Waals surface area contributed by atoms with Crippen molar-refractivity contribution in [3.63, 3.8) is 0 Å². The molecular weight excluding hydrogens is 903 g/mol. The van der Waals surface area contributed by atoms with Crippen LogP contribution >= 0.6 is 0 Å². The van der Waals surface area contributed by atoms with E-state index in [1.54, 1.807) is 24.3 Å². The average Bonchev–Trinajstić information content (AvgIpc) is 3.83. The molecule has 6 aromatic rings. The van der Waals surface area contributed by atoms with E-state index in [0.29, 0.717) is 62.0 Å². The van der Waals surface area contributed by atoms with Gasteiger partial charge >= 0.3 is 0 Å². The van der Waals surface area contributed by atoms with E-state index in [9.17, 15) is 25.5 Å². The van der Waals surface area contributed by atoms with Crippen molar-refractivity contribution in [3.05, 3.63) is 171 Å². The number of rotatable bonds is 11. The second kappa shape index (κ2) is 20.8. The maximum absolute atomic E-state index is 11.6. The van der Waals surface area contributed by atoms with Crippen LogP contribution in [0.4, 0.5) is 0 Å². The molecule has 2 aliphatic carbocycles. The summed E-state index contributed by atoms with van der Waals surface area (Å²) in [7, 11) is 0. The molecule has 2 fully saturated rings. The van der Waals surface area contributed by atoms with Gasteiger partial charge in [-0.25, -0.2) is 0 Å². The molecule has 1 unspecified atom stereocenters. The molecule has 0 radical (unpaired) electrons. The van der Waals surface area contributed by atoms with Crippen LogP contribution in [-0.4, -0.2) is 67.8 Å². The number of phenols is 3. The number of benzene rings is 5. The number of aromatic nitrogens is 1. The maximum Gasteiger partial charge on any atom is 0.161 e. The molecule has 0 amide bonds. The fourth-order valence-electron chi connectivity index (χ4n) is 13.0. The molecule has 1 saturated carbocycles. The van der Waals surface area contributed by atoms with Crippen LogP contribution in [0.25, 0.3) is 16.6 Å². The van der Waals surface area contributed by atoms with Gasteiger partial charge in [0, 0.05) is 47.2 Å². The van der Waals surface area contributed by atoms with Crippen LogP contribution in [0.2, 0.25) is 0 Å². The molecule has 7 atom stereocenters. The molecular formula is C61H69N3O8. The highest BCUT2D eigenvalue weighted by molar-refractivity contribution is 5.88. The lowest BCUT2D eigenvalue weighted by Gasteiger charge is -2.56. The van der Waals surface area contributed by atoms with E-state index in [-0.39, 0.29) is 48.1 Å². The van der Waals surface area contributed by atoms with Crippen LogP contribution in [0.3, 0.4) is 0 Å². The van der Waals surface area contributed by atoms with Crippen LogP contribution in [0.5, 0.6) is 23.0 Å². The molecule has 11 nitrogen and oxygen atoms in total. The van der Waals surface area contributed by atoms with Gasteiger partial charge in [0.15, 0.2) is 11.5 Å². The van der Waals surface area contributed by atoms with Crippen LogP contribution in [0.1, 0.15) is 127 Å². The summed E-state index contributed by atoms with van der Waals surface area (Å²) in [5.74, 6) is 2.51. The molecule has 6 bridgehead atoms. The van der Waals surface area contributed by atoms with Crippen LogP contribution < -0.4 is 15.8 Å². The molecule has 11 rings (SSSR count). The minimum atomic E-state index is -0.666. The lowest BCUT2D eigenvalue weighted by atomic mass is 9.51. The third-order valence-corrected chi connectivity index (χ3v) is 16.6. The number of dihydropyridines is 1. The standard InChI is InChI=1S/C61H69N3O8/c62-59-21-17-42-36-71-50(11-4-2-1-3-8-38-14-19-55(68)43(24-38)25-39-9-7-10-48(66)26-39)32-49(67)18-15-40-31-58(56(69)30-45(40)35-65)72-37-46-28-47(27-44-33-64(34-52(44)46)60(42)63-59)61-22-23-70-57-20-16-41(29-54(57)61)51-12-5-6-13-53(51)61/h5-7,9-10,12-14,17,19,21,24,26-28,30-31,33-34,41,49-50,54,57,59,63,65-69H,1-4,8,11,15-16,18,20,22-23,25,29,32,35-37,62H2/t41-,49+,50-,54-,57+,59?,61+/m0/s1. The van der Waals surface area contributed by atoms with Crippen LogP contribution in [-0.2, 0) is 47.4 Å². The molecule has 5 aliphatic rings. The largest absolute Gasteiger partial charge is 0.508 e. The van der Waals surface area contributed by atoms with Gasteiger partial charge in [0.2, 0.25) is 0 Å². The maximum atomic E-state index is 11.6. The van der Waals surface area contributed by atoms with E-state index < -0.39 is 12.3 Å². The third-order valence-electron chi connectivity index (χ3n) is 16.6. The normalized spacial score (nSPS) is 25.0. The van der Waals surface area contributed by atoms with Gasteiger partial charge in [0.25, 0.3) is 0 Å².